The van der Waals surface area contributed by atoms with Crippen LogP contribution in [0, 0.1) is 5.92 Å². The monoisotopic (exact) mass is 355 g/mol. The number of piperidine rings is 1. The van der Waals surface area contributed by atoms with E-state index in [1.54, 1.807) is 0 Å². The summed E-state index contributed by atoms with van der Waals surface area (Å²) in [6.45, 7) is 2.96. The molecule has 0 radical (unpaired) electrons. The molecule has 0 amide bonds. The summed E-state index contributed by atoms with van der Waals surface area (Å²) in [4.78, 5) is 15.2. The Kier molecular flexibility index (Phi) is 3.63. The molecule has 1 fully saturated rings. The zero-order valence-electron chi connectivity index (χ0n) is 12.3. The van der Waals surface area contributed by atoms with Gasteiger partial charge < -0.3 is 0 Å². The molecule has 1 heterocycles. The molecule has 2 aromatic rings. The molecule has 0 N–H and O–H groups in total. The molecule has 1 aliphatic carbocycles. The van der Waals surface area contributed by atoms with Crippen molar-refractivity contribution >= 4 is 21.7 Å². The fourth-order valence-corrected chi connectivity index (χ4v) is 4.51. The number of rotatable bonds is 2. The van der Waals surface area contributed by atoms with E-state index in [1.807, 2.05) is 6.07 Å². The van der Waals surface area contributed by atoms with Gasteiger partial charge in [0, 0.05) is 35.0 Å². The minimum Gasteiger partial charge on any atom is -0.298 e. The number of likely N-dealkylation sites (tertiary alicyclic amines) is 1. The van der Waals surface area contributed by atoms with E-state index in [-0.39, 0.29) is 5.92 Å². The number of carbonyl (C=O) groups excluding carboxylic acids is 1. The Morgan fingerprint density at radius 2 is 1.86 bits per heavy atom. The Balaban J connectivity index is 1.59. The Bertz CT molecular complexity index is 713. The van der Waals surface area contributed by atoms with Gasteiger partial charge >= 0.3 is 0 Å². The van der Waals surface area contributed by atoms with Crippen molar-refractivity contribution in [3.05, 3.63) is 69.7 Å². The van der Waals surface area contributed by atoms with Crippen molar-refractivity contribution in [2.45, 2.75) is 18.9 Å². The predicted molar refractivity (Wildman–Crippen MR) is 91.0 cm³/mol. The van der Waals surface area contributed by atoms with Gasteiger partial charge in [0.1, 0.15) is 0 Å². The molecule has 0 aromatic heterocycles. The molecule has 1 saturated heterocycles. The van der Waals surface area contributed by atoms with Crippen molar-refractivity contribution in [1.29, 1.82) is 0 Å². The highest BCUT2D eigenvalue weighted by molar-refractivity contribution is 9.10. The van der Waals surface area contributed by atoms with Gasteiger partial charge in [-0.2, -0.15) is 0 Å². The van der Waals surface area contributed by atoms with Gasteiger partial charge in [-0.1, -0.05) is 58.4 Å². The summed E-state index contributed by atoms with van der Waals surface area (Å²) in [5.41, 5.74) is 3.51. The van der Waals surface area contributed by atoms with E-state index in [2.05, 4.69) is 63.3 Å². The number of nitrogens with zero attached hydrogens (tertiary/aromatic N) is 1. The largest absolute Gasteiger partial charge is 0.298 e. The fourth-order valence-electron chi connectivity index (χ4n) is 3.93. The first-order chi connectivity index (χ1) is 10.7. The van der Waals surface area contributed by atoms with Gasteiger partial charge in [-0.3, -0.25) is 9.69 Å². The molecular formula is C19H18BrNO. The maximum atomic E-state index is 12.7. The number of fused-ring (bicyclic) bond motifs is 3. The zero-order valence-corrected chi connectivity index (χ0v) is 13.9. The van der Waals surface area contributed by atoms with Crippen LogP contribution in [0.4, 0.5) is 0 Å². The summed E-state index contributed by atoms with van der Waals surface area (Å²) in [7, 11) is 0. The molecule has 3 heteroatoms. The van der Waals surface area contributed by atoms with Crippen molar-refractivity contribution in [3.8, 4) is 0 Å². The van der Waals surface area contributed by atoms with Crippen LogP contribution >= 0.6 is 15.9 Å². The first-order valence-corrected chi connectivity index (χ1v) is 8.62. The molecule has 0 bridgehead atoms. The minimum absolute atomic E-state index is 0.181. The Labute approximate surface area is 139 Å². The fraction of sp³-hybridized carbons (Fsp3) is 0.316. The molecule has 22 heavy (non-hydrogen) atoms. The second kappa shape index (κ2) is 5.64. The van der Waals surface area contributed by atoms with Crippen LogP contribution in [0.15, 0.2) is 53.0 Å². The highest BCUT2D eigenvalue weighted by atomic mass is 79.9. The molecule has 2 aromatic carbocycles. The van der Waals surface area contributed by atoms with E-state index in [0.29, 0.717) is 11.7 Å². The van der Waals surface area contributed by atoms with Gasteiger partial charge in [0.15, 0.2) is 5.78 Å². The molecule has 0 spiro atoms. The van der Waals surface area contributed by atoms with Crippen molar-refractivity contribution in [1.82, 2.24) is 4.90 Å². The highest BCUT2D eigenvalue weighted by Crippen LogP contribution is 2.45. The van der Waals surface area contributed by atoms with E-state index in [9.17, 15) is 4.79 Å². The number of ketones is 1. The predicted octanol–water partition coefficient (Wildman–Crippen LogP) is 4.25. The van der Waals surface area contributed by atoms with Crippen molar-refractivity contribution < 1.29 is 4.79 Å². The number of Topliss-reactive ketones (excluding diaryl/α,β-unsaturated/α-hetero) is 1. The first kappa shape index (κ1) is 14.2. The lowest BCUT2D eigenvalue weighted by Crippen LogP contribution is -2.38. The summed E-state index contributed by atoms with van der Waals surface area (Å²) in [6, 6.07) is 16.8. The van der Waals surface area contributed by atoms with Crippen LogP contribution in [-0.2, 0) is 6.54 Å². The standard InChI is InChI=1S/C19H18BrNO/c20-17-8-4-7-14-16-12-21(11-13-5-2-1-3-6-13)10-9-15(16)19(22)18(14)17/h1-8,15-16H,9-12H2/t15-,16-/m1/s1. The average Bonchev–Trinajstić information content (AvgIpc) is 2.82. The third kappa shape index (κ3) is 2.33. The number of halogens is 1. The van der Waals surface area contributed by atoms with Gasteiger partial charge in [0.2, 0.25) is 0 Å². The molecule has 0 saturated carbocycles. The molecule has 2 atom stereocenters. The van der Waals surface area contributed by atoms with E-state index < -0.39 is 0 Å². The van der Waals surface area contributed by atoms with Crippen molar-refractivity contribution in [2.75, 3.05) is 13.1 Å². The van der Waals surface area contributed by atoms with Crippen LogP contribution in [0.25, 0.3) is 0 Å². The Morgan fingerprint density at radius 1 is 1.05 bits per heavy atom. The van der Waals surface area contributed by atoms with Crippen LogP contribution in [0.2, 0.25) is 0 Å². The Morgan fingerprint density at radius 3 is 2.68 bits per heavy atom. The average molecular weight is 356 g/mol. The van der Waals surface area contributed by atoms with Gasteiger partial charge in [-0.05, 0) is 30.2 Å². The zero-order chi connectivity index (χ0) is 15.1. The number of hydrogen-bond donors (Lipinski definition) is 0. The lowest BCUT2D eigenvalue weighted by atomic mass is 9.85. The lowest BCUT2D eigenvalue weighted by Gasteiger charge is -2.34. The Hall–Kier alpha value is -1.45. The molecular weight excluding hydrogens is 338 g/mol. The normalized spacial score (nSPS) is 24.1. The quantitative estimate of drug-likeness (QED) is 0.802. The number of benzene rings is 2. The van der Waals surface area contributed by atoms with Gasteiger partial charge in [-0.25, -0.2) is 0 Å². The molecule has 2 nitrogen and oxygen atoms in total. The van der Waals surface area contributed by atoms with Crippen LogP contribution in [0.3, 0.4) is 0 Å². The second-order valence-electron chi connectivity index (χ2n) is 6.29. The molecule has 1 aliphatic heterocycles. The maximum absolute atomic E-state index is 12.7. The molecule has 112 valence electrons. The van der Waals surface area contributed by atoms with Gasteiger partial charge in [0.25, 0.3) is 0 Å². The third-order valence-electron chi connectivity index (χ3n) is 4.97. The SMILES string of the molecule is O=C1c2c(Br)cccc2[C@H]2CN(Cc3ccccc3)CC[C@@H]12. The van der Waals surface area contributed by atoms with E-state index >= 15 is 0 Å². The third-order valence-corrected chi connectivity index (χ3v) is 5.64. The first-order valence-electron chi connectivity index (χ1n) is 7.83. The van der Waals surface area contributed by atoms with E-state index in [4.69, 9.17) is 0 Å². The van der Waals surface area contributed by atoms with Crippen LogP contribution in [0.1, 0.15) is 33.8 Å². The van der Waals surface area contributed by atoms with Gasteiger partial charge in [-0.15, -0.1) is 0 Å². The van der Waals surface area contributed by atoms with E-state index in [1.165, 1.54) is 11.1 Å². The summed E-state index contributed by atoms with van der Waals surface area (Å²) in [6.07, 6.45) is 0.970. The van der Waals surface area contributed by atoms with Crippen LogP contribution in [0.5, 0.6) is 0 Å². The summed E-state index contributed by atoms with van der Waals surface area (Å²) < 4.78 is 0.957. The lowest BCUT2D eigenvalue weighted by molar-refractivity contribution is 0.0834. The minimum atomic E-state index is 0.181. The van der Waals surface area contributed by atoms with Crippen molar-refractivity contribution in [2.24, 2.45) is 5.92 Å². The number of carbonyl (C=O) groups is 1. The smallest absolute Gasteiger partial charge is 0.168 e. The second-order valence-corrected chi connectivity index (χ2v) is 7.15. The molecule has 4 rings (SSSR count). The summed E-state index contributed by atoms with van der Waals surface area (Å²) in [5.74, 6) is 0.880. The summed E-state index contributed by atoms with van der Waals surface area (Å²) in [5, 5.41) is 0. The highest BCUT2D eigenvalue weighted by Gasteiger charge is 2.43. The molecule has 0 unspecified atom stereocenters. The molecule has 2 aliphatic rings. The number of hydrogen-bond acceptors (Lipinski definition) is 2. The van der Waals surface area contributed by atoms with Crippen molar-refractivity contribution in [3.63, 3.8) is 0 Å². The van der Waals surface area contributed by atoms with Gasteiger partial charge in [0.05, 0.1) is 0 Å². The maximum Gasteiger partial charge on any atom is 0.168 e. The van der Waals surface area contributed by atoms with Crippen LogP contribution in [-0.4, -0.2) is 23.8 Å². The topological polar surface area (TPSA) is 20.3 Å². The van der Waals surface area contributed by atoms with E-state index in [0.717, 1.165) is 36.1 Å². The van der Waals surface area contributed by atoms with Crippen LogP contribution < -0.4 is 0 Å². The summed E-state index contributed by atoms with van der Waals surface area (Å²) >= 11 is 3.56.